The minimum absolute atomic E-state index is 0.0614. The maximum atomic E-state index is 10.1. The molecule has 1 N–H and O–H groups in total. The molecule has 68 heavy (non-hydrogen) atoms. The van der Waals surface area contributed by atoms with Crippen molar-refractivity contribution in [3.8, 4) is 39.5 Å². The van der Waals surface area contributed by atoms with E-state index < -0.39 is 0 Å². The highest BCUT2D eigenvalue weighted by atomic mass is 16.5. The van der Waals surface area contributed by atoms with E-state index in [0.717, 1.165) is 52.8 Å². The van der Waals surface area contributed by atoms with Gasteiger partial charge in [0, 0.05) is 6.61 Å². The van der Waals surface area contributed by atoms with Gasteiger partial charge in [-0.05, 0) is 133 Å². The molecule has 0 aliphatic heterocycles. The van der Waals surface area contributed by atoms with Crippen molar-refractivity contribution < 1.29 is 24.1 Å². The van der Waals surface area contributed by atoms with Gasteiger partial charge < -0.3 is 24.1 Å². The summed E-state index contributed by atoms with van der Waals surface area (Å²) in [5, 5.41) is 19.5. The van der Waals surface area contributed by atoms with Crippen LogP contribution in [-0.4, -0.2) is 44.2 Å². The van der Waals surface area contributed by atoms with Crippen LogP contribution >= 0.6 is 0 Å². The number of hydrogen-bond donors (Lipinski definition) is 1. The summed E-state index contributed by atoms with van der Waals surface area (Å²) in [4.78, 5) is 0. The lowest BCUT2D eigenvalue weighted by Gasteiger charge is -2.20. The first-order valence-electron chi connectivity index (χ1n) is 26.8. The molecular formula is C63H80O5. The Morgan fingerprint density at radius 3 is 1.31 bits per heavy atom. The molecule has 0 saturated carbocycles. The maximum absolute atomic E-state index is 10.1. The van der Waals surface area contributed by atoms with E-state index in [1.807, 2.05) is 6.07 Å². The molecule has 0 fully saturated rings. The first kappa shape index (κ1) is 50.8. The number of rotatable bonds is 32. The molecule has 5 nitrogen and oxygen atoms in total. The van der Waals surface area contributed by atoms with Gasteiger partial charge in [-0.25, -0.2) is 0 Å². The molecule has 0 bridgehead atoms. The van der Waals surface area contributed by atoms with Gasteiger partial charge >= 0.3 is 0 Å². The average Bonchev–Trinajstić information content (AvgIpc) is 3.37. The minimum Gasteiger partial charge on any atom is -0.494 e. The van der Waals surface area contributed by atoms with Crippen LogP contribution in [0.1, 0.15) is 149 Å². The molecule has 0 amide bonds. The Morgan fingerprint density at radius 2 is 0.779 bits per heavy atom. The van der Waals surface area contributed by atoms with Crippen LogP contribution in [-0.2, 0) is 4.74 Å². The van der Waals surface area contributed by atoms with E-state index in [-0.39, 0.29) is 12.7 Å². The molecule has 0 radical (unpaired) electrons. The number of fused-ring (bicyclic) bond motifs is 4. The van der Waals surface area contributed by atoms with Gasteiger partial charge in [-0.3, -0.25) is 0 Å². The molecule has 0 heterocycles. The Bertz CT molecular complexity index is 2590. The van der Waals surface area contributed by atoms with Crippen LogP contribution in [0.2, 0.25) is 0 Å². The molecule has 7 aromatic rings. The smallest absolute Gasteiger partial charge is 0.120 e. The van der Waals surface area contributed by atoms with Crippen molar-refractivity contribution in [1.29, 1.82) is 0 Å². The molecule has 7 aromatic carbocycles. The largest absolute Gasteiger partial charge is 0.494 e. The number of ether oxygens (including phenoxy) is 4. The summed E-state index contributed by atoms with van der Waals surface area (Å²) in [6, 6.07) is 42.1. The standard InChI is InChI=1S/C63H80O5/c1-4-7-10-13-16-17-20-25-40-67-57(46-64)47-68-54-33-32-50-42-53(31-29-51(50)43-54)63-59-37-35-55(65-38-23-18-14-11-8-5-2)44-60(59)62(52-30-28-48-26-21-22-27-49(48)41-52)58-36-34-56(45-61(58)63)66-39-24-19-15-12-9-6-3/h21-22,26-37,41-45,57,64H,4-20,23-25,38-40,46-47H2,1-3H3. The van der Waals surface area contributed by atoms with Gasteiger partial charge in [0.15, 0.2) is 0 Å². The first-order chi connectivity index (χ1) is 33.6. The number of aliphatic hydroxyl groups excluding tert-OH is 1. The van der Waals surface area contributed by atoms with Gasteiger partial charge in [-0.15, -0.1) is 0 Å². The summed E-state index contributed by atoms with van der Waals surface area (Å²) < 4.78 is 25.4. The Morgan fingerprint density at radius 1 is 0.368 bits per heavy atom. The molecule has 0 saturated heterocycles. The van der Waals surface area contributed by atoms with Crippen molar-refractivity contribution in [3.63, 3.8) is 0 Å². The molecule has 0 aromatic heterocycles. The predicted molar refractivity (Wildman–Crippen MR) is 290 cm³/mol. The zero-order valence-corrected chi connectivity index (χ0v) is 41.8. The Balaban J connectivity index is 1.20. The second-order valence-electron chi connectivity index (χ2n) is 19.1. The summed E-state index contributed by atoms with van der Waals surface area (Å²) in [5.74, 6) is 2.58. The fourth-order valence-electron chi connectivity index (χ4n) is 9.78. The molecule has 1 unspecified atom stereocenters. The fourth-order valence-corrected chi connectivity index (χ4v) is 9.78. The van der Waals surface area contributed by atoms with Crippen LogP contribution in [0.25, 0.3) is 65.3 Å². The summed E-state index contributed by atoms with van der Waals surface area (Å²) in [6.45, 7) is 9.12. The van der Waals surface area contributed by atoms with Gasteiger partial charge in [0.2, 0.25) is 0 Å². The fraction of sp³-hybridized carbons (Fsp3) is 0.460. The molecule has 0 spiro atoms. The van der Waals surface area contributed by atoms with Crippen LogP contribution in [0.5, 0.6) is 17.2 Å². The van der Waals surface area contributed by atoms with Crippen LogP contribution < -0.4 is 14.2 Å². The molecular weight excluding hydrogens is 837 g/mol. The van der Waals surface area contributed by atoms with E-state index in [1.165, 1.54) is 158 Å². The average molecular weight is 917 g/mol. The lowest BCUT2D eigenvalue weighted by atomic mass is 9.85. The summed E-state index contributed by atoms with van der Waals surface area (Å²) in [5.41, 5.74) is 4.73. The highest BCUT2D eigenvalue weighted by Gasteiger charge is 2.20. The second kappa shape index (κ2) is 27.8. The van der Waals surface area contributed by atoms with Crippen molar-refractivity contribution in [2.75, 3.05) is 33.0 Å². The maximum Gasteiger partial charge on any atom is 0.120 e. The SMILES string of the molecule is CCCCCCCCCCOC(CO)COc1ccc2cc(-c3c4ccc(OCCCCCCCC)cc4c(-c4ccc5ccccc5c4)c4ccc(OCCCCCCCC)cc34)ccc2c1. The zero-order chi connectivity index (χ0) is 47.2. The van der Waals surface area contributed by atoms with Gasteiger partial charge in [-0.2, -0.15) is 0 Å². The number of aliphatic hydroxyl groups is 1. The Labute approximate surface area is 408 Å². The highest BCUT2D eigenvalue weighted by Crippen LogP contribution is 2.47. The Kier molecular flexibility index (Phi) is 20.7. The molecule has 5 heteroatoms. The number of unbranched alkanes of at least 4 members (excludes halogenated alkanes) is 17. The van der Waals surface area contributed by atoms with Gasteiger partial charge in [0.05, 0.1) is 19.8 Å². The second-order valence-corrected chi connectivity index (χ2v) is 19.1. The quantitative estimate of drug-likeness (QED) is 0.0337. The molecule has 1 atom stereocenters. The third-order valence-corrected chi connectivity index (χ3v) is 13.7. The lowest BCUT2D eigenvalue weighted by Crippen LogP contribution is -2.26. The van der Waals surface area contributed by atoms with E-state index in [0.29, 0.717) is 26.4 Å². The lowest BCUT2D eigenvalue weighted by molar-refractivity contribution is -0.0149. The van der Waals surface area contributed by atoms with Crippen LogP contribution in [0.4, 0.5) is 0 Å². The Hall–Kier alpha value is -5.10. The monoisotopic (exact) mass is 917 g/mol. The highest BCUT2D eigenvalue weighted by molar-refractivity contribution is 6.22. The van der Waals surface area contributed by atoms with Gasteiger partial charge in [0.25, 0.3) is 0 Å². The summed E-state index contributed by atoms with van der Waals surface area (Å²) >= 11 is 0. The molecule has 0 aliphatic carbocycles. The van der Waals surface area contributed by atoms with Crippen molar-refractivity contribution >= 4 is 43.1 Å². The van der Waals surface area contributed by atoms with Crippen molar-refractivity contribution in [1.82, 2.24) is 0 Å². The summed E-state index contributed by atoms with van der Waals surface area (Å²) in [7, 11) is 0. The zero-order valence-electron chi connectivity index (χ0n) is 41.8. The van der Waals surface area contributed by atoms with Crippen molar-refractivity contribution in [2.45, 2.75) is 155 Å². The number of hydrogen-bond acceptors (Lipinski definition) is 5. The summed E-state index contributed by atoms with van der Waals surface area (Å²) in [6.07, 6.45) is 24.4. The molecule has 0 aliphatic rings. The molecule has 7 rings (SSSR count). The molecule has 362 valence electrons. The van der Waals surface area contributed by atoms with E-state index in [9.17, 15) is 5.11 Å². The minimum atomic E-state index is -0.349. The predicted octanol–water partition coefficient (Wildman–Crippen LogP) is 18.0. The van der Waals surface area contributed by atoms with E-state index >= 15 is 0 Å². The van der Waals surface area contributed by atoms with Gasteiger partial charge in [-0.1, -0.05) is 197 Å². The van der Waals surface area contributed by atoms with E-state index in [1.54, 1.807) is 0 Å². The van der Waals surface area contributed by atoms with Crippen LogP contribution in [0, 0.1) is 0 Å². The van der Waals surface area contributed by atoms with Crippen molar-refractivity contribution in [2.24, 2.45) is 0 Å². The normalized spacial score (nSPS) is 12.1. The van der Waals surface area contributed by atoms with Gasteiger partial charge in [0.1, 0.15) is 30.0 Å². The van der Waals surface area contributed by atoms with E-state index in [4.69, 9.17) is 18.9 Å². The van der Waals surface area contributed by atoms with Crippen molar-refractivity contribution in [3.05, 3.63) is 115 Å². The number of benzene rings is 7. The van der Waals surface area contributed by atoms with Crippen LogP contribution in [0.3, 0.4) is 0 Å². The third kappa shape index (κ3) is 14.5. The van der Waals surface area contributed by atoms with E-state index in [2.05, 4.69) is 130 Å². The third-order valence-electron chi connectivity index (χ3n) is 13.7. The van der Waals surface area contributed by atoms with Crippen LogP contribution in [0.15, 0.2) is 115 Å². The first-order valence-corrected chi connectivity index (χ1v) is 26.8. The topological polar surface area (TPSA) is 57.2 Å².